The van der Waals surface area contributed by atoms with Crippen molar-refractivity contribution in [3.05, 3.63) is 69.7 Å². The van der Waals surface area contributed by atoms with E-state index in [0.29, 0.717) is 5.56 Å². The predicted octanol–water partition coefficient (Wildman–Crippen LogP) is 4.42. The zero-order valence-corrected chi connectivity index (χ0v) is 12.2. The first-order valence-corrected chi connectivity index (χ1v) is 7.41. The predicted molar refractivity (Wildman–Crippen MR) is 80.3 cm³/mol. The Bertz CT molecular complexity index is 672. The van der Waals surface area contributed by atoms with E-state index < -0.39 is 11.6 Å². The number of aryl methyl sites for hydroxylation is 1. The molecular weight excluding hydrogens is 292 g/mol. The Labute approximate surface area is 127 Å². The van der Waals surface area contributed by atoms with Crippen molar-refractivity contribution in [1.29, 1.82) is 0 Å². The molecule has 2 N–H and O–H groups in total. The normalized spacial score (nSPS) is 19.1. The number of nitrogens with two attached hydrogens (primary N) is 1. The average molecular weight is 308 g/mol. The van der Waals surface area contributed by atoms with Crippen LogP contribution in [0.5, 0.6) is 0 Å². The Kier molecular flexibility index (Phi) is 3.96. The van der Waals surface area contributed by atoms with Crippen molar-refractivity contribution >= 4 is 11.6 Å². The maximum absolute atomic E-state index is 13.4. The summed E-state index contributed by atoms with van der Waals surface area (Å²) in [4.78, 5) is 0. The molecule has 0 spiro atoms. The maximum Gasteiger partial charge on any atom is 0.160 e. The van der Waals surface area contributed by atoms with Crippen LogP contribution in [0.1, 0.15) is 29.2 Å². The molecule has 110 valence electrons. The zero-order chi connectivity index (χ0) is 15.0. The van der Waals surface area contributed by atoms with Gasteiger partial charge in [0.2, 0.25) is 0 Å². The fourth-order valence-electron chi connectivity index (χ4n) is 3.08. The lowest BCUT2D eigenvalue weighted by atomic mass is 9.78. The molecule has 0 aromatic heterocycles. The number of hydrogen-bond donors (Lipinski definition) is 1. The molecule has 0 saturated carbocycles. The van der Waals surface area contributed by atoms with Crippen molar-refractivity contribution in [3.63, 3.8) is 0 Å². The van der Waals surface area contributed by atoms with Gasteiger partial charge in [0.1, 0.15) is 0 Å². The molecule has 1 aliphatic carbocycles. The van der Waals surface area contributed by atoms with Crippen LogP contribution in [0.4, 0.5) is 8.78 Å². The van der Waals surface area contributed by atoms with Crippen molar-refractivity contribution in [2.24, 2.45) is 11.7 Å². The third-order valence-electron chi connectivity index (χ3n) is 4.29. The highest BCUT2D eigenvalue weighted by Gasteiger charge is 2.27. The van der Waals surface area contributed by atoms with Crippen molar-refractivity contribution in [2.45, 2.75) is 25.3 Å². The molecule has 0 fully saturated rings. The minimum Gasteiger partial charge on any atom is -0.324 e. The summed E-state index contributed by atoms with van der Waals surface area (Å²) in [6.07, 6.45) is 2.72. The van der Waals surface area contributed by atoms with Crippen LogP contribution in [0.25, 0.3) is 0 Å². The number of halogens is 3. The van der Waals surface area contributed by atoms with Crippen molar-refractivity contribution in [2.75, 3.05) is 0 Å². The molecular formula is C17H16ClF2N. The Morgan fingerprint density at radius 3 is 2.52 bits per heavy atom. The smallest absolute Gasteiger partial charge is 0.160 e. The summed E-state index contributed by atoms with van der Waals surface area (Å²) in [6, 6.07) is 10.0. The second kappa shape index (κ2) is 5.74. The van der Waals surface area contributed by atoms with Gasteiger partial charge in [0.15, 0.2) is 11.6 Å². The van der Waals surface area contributed by atoms with Gasteiger partial charge in [-0.15, -0.1) is 0 Å². The molecule has 0 aliphatic heterocycles. The van der Waals surface area contributed by atoms with Crippen molar-refractivity contribution < 1.29 is 8.78 Å². The Hall–Kier alpha value is -1.45. The summed E-state index contributed by atoms with van der Waals surface area (Å²) in [5.41, 5.74) is 9.38. The molecule has 4 heteroatoms. The molecule has 2 aromatic carbocycles. The molecule has 2 atom stereocenters. The second-order valence-electron chi connectivity index (χ2n) is 5.59. The molecule has 0 radical (unpaired) electrons. The van der Waals surface area contributed by atoms with Gasteiger partial charge in [0.25, 0.3) is 0 Å². The molecule has 3 rings (SSSR count). The highest BCUT2D eigenvalue weighted by molar-refractivity contribution is 6.31. The third-order valence-corrected chi connectivity index (χ3v) is 4.62. The van der Waals surface area contributed by atoms with Gasteiger partial charge in [0, 0.05) is 11.1 Å². The zero-order valence-electron chi connectivity index (χ0n) is 11.5. The van der Waals surface area contributed by atoms with Crippen molar-refractivity contribution in [1.82, 2.24) is 0 Å². The Morgan fingerprint density at radius 2 is 1.76 bits per heavy atom. The van der Waals surface area contributed by atoms with Crippen LogP contribution in [0.3, 0.4) is 0 Å². The Morgan fingerprint density at radius 1 is 1.10 bits per heavy atom. The highest BCUT2D eigenvalue weighted by Crippen LogP contribution is 2.35. The summed E-state index contributed by atoms with van der Waals surface area (Å²) in [7, 11) is 0. The van der Waals surface area contributed by atoms with Gasteiger partial charge in [-0.25, -0.2) is 8.78 Å². The standard InChI is InChI=1S/C17H16ClF2N/c18-14-9-16(20)15(19)8-13(14)17(21)12-6-5-10-3-1-2-4-11(10)7-12/h1-4,8-9,12,17H,5-7,21H2. The lowest BCUT2D eigenvalue weighted by Gasteiger charge is -2.30. The van der Waals surface area contributed by atoms with E-state index in [1.807, 2.05) is 12.1 Å². The van der Waals surface area contributed by atoms with Gasteiger partial charge in [-0.2, -0.15) is 0 Å². The van der Waals surface area contributed by atoms with Gasteiger partial charge in [-0.05, 0) is 54.0 Å². The SMILES string of the molecule is NC(c1cc(F)c(F)cc1Cl)C1CCc2ccccc2C1. The summed E-state index contributed by atoms with van der Waals surface area (Å²) >= 11 is 6.03. The van der Waals surface area contributed by atoms with Crippen LogP contribution < -0.4 is 5.73 Å². The molecule has 2 unspecified atom stereocenters. The third kappa shape index (κ3) is 2.81. The molecule has 0 heterocycles. The second-order valence-corrected chi connectivity index (χ2v) is 5.99. The summed E-state index contributed by atoms with van der Waals surface area (Å²) < 4.78 is 26.6. The first-order chi connectivity index (χ1) is 10.1. The van der Waals surface area contributed by atoms with Gasteiger partial charge < -0.3 is 5.73 Å². The van der Waals surface area contributed by atoms with E-state index in [1.54, 1.807) is 0 Å². The highest BCUT2D eigenvalue weighted by atomic mass is 35.5. The van der Waals surface area contributed by atoms with Crippen LogP contribution in [0, 0.1) is 17.6 Å². The van der Waals surface area contributed by atoms with Crippen LogP contribution in [-0.2, 0) is 12.8 Å². The summed E-state index contributed by atoms with van der Waals surface area (Å²) in [5, 5.41) is 0.195. The maximum atomic E-state index is 13.4. The van der Waals surface area contributed by atoms with E-state index >= 15 is 0 Å². The van der Waals surface area contributed by atoms with Gasteiger partial charge in [-0.3, -0.25) is 0 Å². The van der Waals surface area contributed by atoms with Crippen LogP contribution in [0.15, 0.2) is 36.4 Å². The minimum absolute atomic E-state index is 0.183. The van der Waals surface area contributed by atoms with Gasteiger partial charge in [-0.1, -0.05) is 35.9 Å². The molecule has 1 nitrogen and oxygen atoms in total. The molecule has 21 heavy (non-hydrogen) atoms. The van der Waals surface area contributed by atoms with Crippen LogP contribution >= 0.6 is 11.6 Å². The fraction of sp³-hybridized carbons (Fsp3) is 0.294. The van der Waals surface area contributed by atoms with Crippen LogP contribution in [-0.4, -0.2) is 0 Å². The molecule has 2 aromatic rings. The quantitative estimate of drug-likeness (QED) is 0.816. The van der Waals surface area contributed by atoms with E-state index in [-0.39, 0.29) is 17.0 Å². The largest absolute Gasteiger partial charge is 0.324 e. The number of fused-ring (bicyclic) bond motifs is 1. The van der Waals surface area contributed by atoms with Gasteiger partial charge in [0.05, 0.1) is 0 Å². The van der Waals surface area contributed by atoms with E-state index in [1.165, 1.54) is 11.1 Å². The topological polar surface area (TPSA) is 26.0 Å². The van der Waals surface area contributed by atoms with Crippen LogP contribution in [0.2, 0.25) is 5.02 Å². The Balaban J connectivity index is 1.87. The minimum atomic E-state index is -0.940. The fourth-order valence-corrected chi connectivity index (χ4v) is 3.36. The number of rotatable bonds is 2. The van der Waals surface area contributed by atoms with E-state index in [2.05, 4.69) is 12.1 Å². The number of hydrogen-bond acceptors (Lipinski definition) is 1. The van der Waals surface area contributed by atoms with E-state index in [0.717, 1.165) is 31.4 Å². The molecule has 0 bridgehead atoms. The number of benzene rings is 2. The summed E-state index contributed by atoms with van der Waals surface area (Å²) in [6.45, 7) is 0. The van der Waals surface area contributed by atoms with Crippen molar-refractivity contribution in [3.8, 4) is 0 Å². The lowest BCUT2D eigenvalue weighted by molar-refractivity contribution is 0.380. The van der Waals surface area contributed by atoms with E-state index in [4.69, 9.17) is 17.3 Å². The molecule has 0 saturated heterocycles. The first-order valence-electron chi connectivity index (χ1n) is 7.03. The van der Waals surface area contributed by atoms with E-state index in [9.17, 15) is 8.78 Å². The van der Waals surface area contributed by atoms with Gasteiger partial charge >= 0.3 is 0 Å². The molecule has 0 amide bonds. The first kappa shape index (κ1) is 14.5. The summed E-state index contributed by atoms with van der Waals surface area (Å²) in [5.74, 6) is -1.66. The molecule has 1 aliphatic rings. The lowest BCUT2D eigenvalue weighted by Crippen LogP contribution is -2.27. The average Bonchev–Trinajstić information content (AvgIpc) is 2.50. The monoisotopic (exact) mass is 307 g/mol.